The van der Waals surface area contributed by atoms with Gasteiger partial charge in [0, 0.05) is 0 Å². The molecular weight excluding hydrogens is 226 g/mol. The summed E-state index contributed by atoms with van der Waals surface area (Å²) < 4.78 is 0. The van der Waals surface area contributed by atoms with Gasteiger partial charge in [0.2, 0.25) is 0 Å². The number of carboxylic acid groups (broad SMARTS) is 1. The molecule has 0 spiro atoms. The summed E-state index contributed by atoms with van der Waals surface area (Å²) in [5.41, 5.74) is 5.97. The minimum absolute atomic E-state index is 0.182. The number of rotatable bonds is 4. The number of nitrogens with two attached hydrogens (primary N) is 1. The highest BCUT2D eigenvalue weighted by Gasteiger charge is 2.49. The van der Waals surface area contributed by atoms with Crippen LogP contribution in [0.4, 0.5) is 0 Å². The molecule has 3 nitrogen and oxygen atoms in total. The zero-order valence-corrected chi connectivity index (χ0v) is 12.5. The first-order chi connectivity index (χ1) is 8.11. The van der Waals surface area contributed by atoms with E-state index in [0.717, 1.165) is 12.8 Å². The first-order valence-electron chi connectivity index (χ1n) is 7.03. The minimum atomic E-state index is -0.711. The summed E-state index contributed by atoms with van der Waals surface area (Å²) in [4.78, 5) is 11.1. The lowest BCUT2D eigenvalue weighted by Gasteiger charge is -2.34. The number of carbonyl (C=O) groups is 1. The van der Waals surface area contributed by atoms with Crippen LogP contribution in [-0.4, -0.2) is 17.6 Å². The fourth-order valence-corrected chi connectivity index (χ4v) is 3.70. The molecule has 0 unspecified atom stereocenters. The Bertz CT molecular complexity index is 306. The van der Waals surface area contributed by atoms with Gasteiger partial charge in [-0.3, -0.25) is 4.79 Å². The van der Waals surface area contributed by atoms with Crippen LogP contribution in [0.1, 0.15) is 53.9 Å². The van der Waals surface area contributed by atoms with Crippen molar-refractivity contribution in [1.82, 2.24) is 0 Å². The Morgan fingerprint density at radius 3 is 2.22 bits per heavy atom. The Kier molecular flexibility index (Phi) is 4.47. The molecule has 18 heavy (non-hydrogen) atoms. The van der Waals surface area contributed by atoms with Crippen molar-refractivity contribution >= 4 is 5.97 Å². The van der Waals surface area contributed by atoms with E-state index in [4.69, 9.17) is 10.8 Å². The Balaban J connectivity index is 2.98. The topological polar surface area (TPSA) is 63.3 Å². The third-order valence-corrected chi connectivity index (χ3v) is 4.77. The smallest absolute Gasteiger partial charge is 0.303 e. The molecule has 0 bridgehead atoms. The van der Waals surface area contributed by atoms with E-state index in [0.29, 0.717) is 24.3 Å². The predicted octanol–water partition coefficient (Wildman–Crippen LogP) is 3.13. The molecule has 1 saturated carbocycles. The lowest BCUT2D eigenvalue weighted by atomic mass is 9.71. The molecule has 3 heteroatoms. The van der Waals surface area contributed by atoms with E-state index in [1.54, 1.807) is 0 Å². The van der Waals surface area contributed by atoms with Gasteiger partial charge in [0.1, 0.15) is 0 Å². The Labute approximate surface area is 111 Å². The van der Waals surface area contributed by atoms with Crippen LogP contribution >= 0.6 is 0 Å². The molecule has 0 aromatic carbocycles. The highest BCUT2D eigenvalue weighted by molar-refractivity contribution is 5.67. The average molecular weight is 255 g/mol. The highest BCUT2D eigenvalue weighted by atomic mass is 16.4. The molecule has 0 aliphatic heterocycles. The summed E-state index contributed by atoms with van der Waals surface area (Å²) in [7, 11) is 0. The monoisotopic (exact) mass is 255 g/mol. The quantitative estimate of drug-likeness (QED) is 0.811. The summed E-state index contributed by atoms with van der Waals surface area (Å²) in [5, 5.41) is 9.13. The third kappa shape index (κ3) is 3.25. The van der Waals surface area contributed by atoms with Crippen LogP contribution in [0.5, 0.6) is 0 Å². The van der Waals surface area contributed by atoms with Gasteiger partial charge in [0.05, 0.1) is 6.42 Å². The molecule has 0 heterocycles. The molecule has 0 aromatic rings. The summed E-state index contributed by atoms with van der Waals surface area (Å²) in [5.74, 6) is 1.04. The molecule has 106 valence electrons. The van der Waals surface area contributed by atoms with Gasteiger partial charge in [-0.25, -0.2) is 0 Å². The lowest BCUT2D eigenvalue weighted by molar-refractivity contribution is -0.139. The second-order valence-corrected chi connectivity index (χ2v) is 7.56. The molecule has 1 aliphatic carbocycles. The van der Waals surface area contributed by atoms with Gasteiger partial charge in [-0.1, -0.05) is 34.6 Å². The number of carboxylic acids is 1. The maximum absolute atomic E-state index is 11.1. The molecule has 0 aromatic heterocycles. The largest absolute Gasteiger partial charge is 0.481 e. The van der Waals surface area contributed by atoms with Crippen molar-refractivity contribution in [2.24, 2.45) is 34.3 Å². The minimum Gasteiger partial charge on any atom is -0.481 e. The van der Waals surface area contributed by atoms with Crippen LogP contribution < -0.4 is 5.73 Å². The van der Waals surface area contributed by atoms with E-state index < -0.39 is 5.97 Å². The van der Waals surface area contributed by atoms with E-state index in [2.05, 4.69) is 34.6 Å². The standard InChI is InChI=1S/C15H29NO2/c1-10(2)11-6-15(9-16,8-13(17)18)7-12(11)14(3,4)5/h10-12H,6-9,16H2,1-5H3,(H,17,18)/t11-,12-,15-/m1/s1. The Morgan fingerprint density at radius 1 is 1.39 bits per heavy atom. The van der Waals surface area contributed by atoms with Gasteiger partial charge in [-0.05, 0) is 48.0 Å². The Hall–Kier alpha value is -0.570. The molecule has 1 aliphatic rings. The molecule has 1 rings (SSSR count). The van der Waals surface area contributed by atoms with Crippen molar-refractivity contribution < 1.29 is 9.90 Å². The number of hydrogen-bond donors (Lipinski definition) is 2. The van der Waals surface area contributed by atoms with Crippen molar-refractivity contribution in [3.05, 3.63) is 0 Å². The van der Waals surface area contributed by atoms with Crippen LogP contribution in [-0.2, 0) is 4.79 Å². The van der Waals surface area contributed by atoms with Crippen LogP contribution in [0.2, 0.25) is 0 Å². The van der Waals surface area contributed by atoms with Gasteiger partial charge < -0.3 is 10.8 Å². The van der Waals surface area contributed by atoms with Gasteiger partial charge in [0.25, 0.3) is 0 Å². The normalized spacial score (nSPS) is 33.1. The lowest BCUT2D eigenvalue weighted by Crippen LogP contribution is -2.31. The van der Waals surface area contributed by atoms with Crippen LogP contribution in [0.25, 0.3) is 0 Å². The van der Waals surface area contributed by atoms with Gasteiger partial charge >= 0.3 is 5.97 Å². The molecule has 0 amide bonds. The zero-order valence-electron chi connectivity index (χ0n) is 12.5. The molecule has 3 N–H and O–H groups in total. The van der Waals surface area contributed by atoms with Gasteiger partial charge in [-0.2, -0.15) is 0 Å². The fraction of sp³-hybridized carbons (Fsp3) is 0.933. The van der Waals surface area contributed by atoms with Gasteiger partial charge in [0.15, 0.2) is 0 Å². The maximum atomic E-state index is 11.1. The SMILES string of the molecule is CC(C)[C@H]1C[C@](CN)(CC(=O)O)C[C@H]1C(C)(C)C. The van der Waals surface area contributed by atoms with Crippen molar-refractivity contribution in [1.29, 1.82) is 0 Å². The number of aliphatic carboxylic acids is 1. The molecule has 0 saturated heterocycles. The van der Waals surface area contributed by atoms with Crippen LogP contribution in [0.15, 0.2) is 0 Å². The maximum Gasteiger partial charge on any atom is 0.303 e. The fourth-order valence-electron chi connectivity index (χ4n) is 3.70. The zero-order chi connectivity index (χ0) is 14.1. The van der Waals surface area contributed by atoms with Gasteiger partial charge in [-0.15, -0.1) is 0 Å². The average Bonchev–Trinajstić information content (AvgIpc) is 2.57. The van der Waals surface area contributed by atoms with E-state index in [1.165, 1.54) is 0 Å². The molecule has 3 atom stereocenters. The molecule has 0 radical (unpaired) electrons. The van der Waals surface area contributed by atoms with E-state index >= 15 is 0 Å². The molecule has 1 fully saturated rings. The molecular formula is C15H29NO2. The Morgan fingerprint density at radius 2 is 1.94 bits per heavy atom. The second kappa shape index (κ2) is 5.20. The van der Waals surface area contributed by atoms with Crippen LogP contribution in [0, 0.1) is 28.6 Å². The highest BCUT2D eigenvalue weighted by Crippen LogP contribution is 2.55. The first-order valence-corrected chi connectivity index (χ1v) is 7.03. The van der Waals surface area contributed by atoms with Crippen molar-refractivity contribution in [3.8, 4) is 0 Å². The van der Waals surface area contributed by atoms with E-state index in [1.807, 2.05) is 0 Å². The van der Waals surface area contributed by atoms with E-state index in [9.17, 15) is 4.79 Å². The van der Waals surface area contributed by atoms with Crippen LogP contribution in [0.3, 0.4) is 0 Å². The van der Waals surface area contributed by atoms with Crippen molar-refractivity contribution in [2.75, 3.05) is 6.54 Å². The summed E-state index contributed by atoms with van der Waals surface area (Å²) in [6, 6.07) is 0. The first kappa shape index (κ1) is 15.5. The van der Waals surface area contributed by atoms with Crippen molar-refractivity contribution in [2.45, 2.75) is 53.9 Å². The predicted molar refractivity (Wildman–Crippen MR) is 74.2 cm³/mol. The summed E-state index contributed by atoms with van der Waals surface area (Å²) >= 11 is 0. The number of hydrogen-bond acceptors (Lipinski definition) is 2. The second-order valence-electron chi connectivity index (χ2n) is 7.56. The summed E-state index contributed by atoms with van der Waals surface area (Å²) in [6.07, 6.45) is 2.15. The third-order valence-electron chi connectivity index (χ3n) is 4.77. The van der Waals surface area contributed by atoms with Crippen molar-refractivity contribution in [3.63, 3.8) is 0 Å². The summed E-state index contributed by atoms with van der Waals surface area (Å²) in [6.45, 7) is 11.8. The van der Waals surface area contributed by atoms with E-state index in [-0.39, 0.29) is 17.3 Å².